The van der Waals surface area contributed by atoms with E-state index in [2.05, 4.69) is 10.2 Å². The van der Waals surface area contributed by atoms with E-state index in [-0.39, 0.29) is 28.4 Å². The third-order valence-electron chi connectivity index (χ3n) is 9.41. The number of likely N-dealkylation sites (tertiary alicyclic amines) is 1. The number of Topliss-reactive ketones (excluding diaryl/α,β-unsaturated/α-hetero) is 1. The molecule has 0 aromatic heterocycles. The number of halogens is 3. The standard InChI is InChI=1S/C32H28Cl2FN3O4/c33-20-9-6-19-13-32(31(42)36-24(19)12-20)28(22-2-1-3-23(34)29(22)35)27-25(38(32)14-17-4-5-17)15-37(30(27)41)21-10-7-18(8-11-21)26(40)16-39/h1-3,6-12,17,25,27-28,39H,4-5,13-16H2,(H,36,42)/t25-,27+,28-,32+/m0/s1. The zero-order valence-electron chi connectivity index (χ0n) is 22.5. The fourth-order valence-electron chi connectivity index (χ4n) is 7.31. The second-order valence-electron chi connectivity index (χ2n) is 11.7. The predicted octanol–water partition coefficient (Wildman–Crippen LogP) is 5.08. The molecule has 1 aliphatic carbocycles. The van der Waals surface area contributed by atoms with Gasteiger partial charge in [0, 0.05) is 53.4 Å². The average molecular weight is 608 g/mol. The lowest BCUT2D eigenvalue weighted by Crippen LogP contribution is -2.62. The van der Waals surface area contributed by atoms with E-state index in [1.54, 1.807) is 53.4 Å². The van der Waals surface area contributed by atoms with Gasteiger partial charge in [0.25, 0.3) is 0 Å². The zero-order chi connectivity index (χ0) is 29.3. The van der Waals surface area contributed by atoms with Crippen LogP contribution in [0.4, 0.5) is 15.8 Å². The molecule has 2 saturated heterocycles. The fraction of sp³-hybridized carbons (Fsp3) is 0.344. The molecule has 3 heterocycles. The summed E-state index contributed by atoms with van der Waals surface area (Å²) in [5.74, 6) is -2.65. The van der Waals surface area contributed by atoms with Gasteiger partial charge < -0.3 is 15.3 Å². The molecule has 1 saturated carbocycles. The van der Waals surface area contributed by atoms with Gasteiger partial charge in [0.05, 0.1) is 10.9 Å². The number of nitrogens with zero attached hydrogens (tertiary/aromatic N) is 2. The molecule has 3 aliphatic heterocycles. The minimum atomic E-state index is -1.22. The highest BCUT2D eigenvalue weighted by molar-refractivity contribution is 6.31. The molecule has 7 rings (SSSR count). The van der Waals surface area contributed by atoms with Crippen molar-refractivity contribution in [2.75, 3.05) is 29.9 Å². The van der Waals surface area contributed by atoms with Crippen LogP contribution in [0.5, 0.6) is 0 Å². The lowest BCUT2D eigenvalue weighted by molar-refractivity contribution is -0.129. The normalized spacial score (nSPS) is 26.9. The molecule has 2 amide bonds. The number of carbonyl (C=O) groups is 3. The number of nitrogens with one attached hydrogen (secondary N) is 1. The van der Waals surface area contributed by atoms with Crippen molar-refractivity contribution in [2.45, 2.75) is 36.8 Å². The molecule has 1 spiro atoms. The van der Waals surface area contributed by atoms with E-state index >= 15 is 4.39 Å². The monoisotopic (exact) mass is 607 g/mol. The van der Waals surface area contributed by atoms with Gasteiger partial charge in [-0.15, -0.1) is 0 Å². The van der Waals surface area contributed by atoms with Gasteiger partial charge >= 0.3 is 0 Å². The van der Waals surface area contributed by atoms with Crippen LogP contribution >= 0.6 is 23.2 Å². The van der Waals surface area contributed by atoms with Crippen LogP contribution in [0.2, 0.25) is 10.0 Å². The van der Waals surface area contributed by atoms with Crippen molar-refractivity contribution >= 4 is 52.2 Å². The second kappa shape index (κ2) is 10.2. The maximum Gasteiger partial charge on any atom is 0.245 e. The number of hydrogen-bond acceptors (Lipinski definition) is 5. The Balaban J connectivity index is 1.37. The summed E-state index contributed by atoms with van der Waals surface area (Å²) >= 11 is 12.5. The first-order valence-corrected chi connectivity index (χ1v) is 14.8. The molecule has 0 radical (unpaired) electrons. The van der Waals surface area contributed by atoms with Gasteiger partial charge in [-0.05, 0) is 72.4 Å². The first-order valence-electron chi connectivity index (χ1n) is 14.1. The smallest absolute Gasteiger partial charge is 0.245 e. The molecule has 10 heteroatoms. The highest BCUT2D eigenvalue weighted by Gasteiger charge is 2.69. The van der Waals surface area contributed by atoms with Gasteiger partial charge in [-0.1, -0.05) is 41.4 Å². The number of fused-ring (bicyclic) bond motifs is 2. The third-order valence-corrected chi connectivity index (χ3v) is 9.94. The van der Waals surface area contributed by atoms with E-state index in [9.17, 15) is 19.5 Å². The van der Waals surface area contributed by atoms with Crippen LogP contribution in [-0.2, 0) is 16.0 Å². The Morgan fingerprint density at radius 1 is 1.07 bits per heavy atom. The summed E-state index contributed by atoms with van der Waals surface area (Å²) in [5.41, 5.74) is 1.48. The first kappa shape index (κ1) is 27.5. The SMILES string of the molecule is O=C(CO)c1ccc(N2C[C@H]3[C@@H](C2=O)[C@H](c2cccc(Cl)c2F)[C@@]2(Cc4ccc(Cl)cc4NC2=O)N3CC2CC2)cc1. The molecular formula is C32H28Cl2FN3O4. The summed E-state index contributed by atoms with van der Waals surface area (Å²) in [6, 6.07) is 16.3. The van der Waals surface area contributed by atoms with Gasteiger partial charge in [-0.3, -0.25) is 19.3 Å². The minimum absolute atomic E-state index is 0.0605. The molecule has 42 heavy (non-hydrogen) atoms. The number of amides is 2. The lowest BCUT2D eigenvalue weighted by atomic mass is 9.69. The Bertz CT molecular complexity index is 1630. The highest BCUT2D eigenvalue weighted by Crippen LogP contribution is 2.58. The number of benzene rings is 3. The quantitative estimate of drug-likeness (QED) is 0.381. The number of hydrogen-bond donors (Lipinski definition) is 2. The zero-order valence-corrected chi connectivity index (χ0v) is 24.0. The Labute approximate surface area is 252 Å². The van der Waals surface area contributed by atoms with Gasteiger partial charge in [0.1, 0.15) is 18.0 Å². The second-order valence-corrected chi connectivity index (χ2v) is 12.6. The Kier molecular flexibility index (Phi) is 6.66. The highest BCUT2D eigenvalue weighted by atomic mass is 35.5. The molecule has 7 nitrogen and oxygen atoms in total. The third kappa shape index (κ3) is 4.19. The van der Waals surface area contributed by atoms with Crippen LogP contribution in [0, 0.1) is 17.7 Å². The van der Waals surface area contributed by atoms with E-state index in [1.165, 1.54) is 6.07 Å². The minimum Gasteiger partial charge on any atom is -0.388 e. The largest absolute Gasteiger partial charge is 0.388 e. The van der Waals surface area contributed by atoms with Crippen LogP contribution in [-0.4, -0.2) is 58.9 Å². The number of aliphatic hydroxyl groups is 1. The maximum atomic E-state index is 16.0. The molecule has 216 valence electrons. The Morgan fingerprint density at radius 3 is 2.55 bits per heavy atom. The van der Waals surface area contributed by atoms with Crippen molar-refractivity contribution < 1.29 is 23.9 Å². The van der Waals surface area contributed by atoms with Gasteiger partial charge in [0.2, 0.25) is 11.8 Å². The Morgan fingerprint density at radius 2 is 1.83 bits per heavy atom. The van der Waals surface area contributed by atoms with Crippen molar-refractivity contribution in [1.82, 2.24) is 4.90 Å². The van der Waals surface area contributed by atoms with Gasteiger partial charge in [-0.2, -0.15) is 0 Å². The molecule has 3 fully saturated rings. The van der Waals surface area contributed by atoms with Gasteiger partial charge in [-0.25, -0.2) is 4.39 Å². The number of ketones is 1. The molecule has 3 aromatic carbocycles. The molecule has 3 aromatic rings. The van der Waals surface area contributed by atoms with Crippen molar-refractivity contribution in [3.05, 3.63) is 93.2 Å². The molecule has 2 N–H and O–H groups in total. The number of rotatable bonds is 6. The van der Waals surface area contributed by atoms with Crippen LogP contribution in [0.1, 0.15) is 40.2 Å². The number of anilines is 2. The van der Waals surface area contributed by atoms with Crippen molar-refractivity contribution in [3.63, 3.8) is 0 Å². The van der Waals surface area contributed by atoms with E-state index < -0.39 is 35.6 Å². The van der Waals surface area contributed by atoms with Crippen LogP contribution in [0.3, 0.4) is 0 Å². The first-order chi connectivity index (χ1) is 20.2. The fourth-order valence-corrected chi connectivity index (χ4v) is 7.66. The summed E-state index contributed by atoms with van der Waals surface area (Å²) in [7, 11) is 0. The summed E-state index contributed by atoms with van der Waals surface area (Å²) in [4.78, 5) is 44.6. The average Bonchev–Trinajstić information content (AvgIpc) is 3.70. The van der Waals surface area contributed by atoms with Crippen LogP contribution < -0.4 is 10.2 Å². The number of aliphatic hydroxyl groups excluding tert-OH is 1. The summed E-state index contributed by atoms with van der Waals surface area (Å²) in [5, 5.41) is 12.7. The van der Waals surface area contributed by atoms with Crippen LogP contribution in [0.25, 0.3) is 0 Å². The molecule has 0 bridgehead atoms. The van der Waals surface area contributed by atoms with E-state index in [0.29, 0.717) is 47.4 Å². The Hall–Kier alpha value is -3.30. The molecule has 4 atom stereocenters. The lowest BCUT2D eigenvalue weighted by Gasteiger charge is -2.46. The summed E-state index contributed by atoms with van der Waals surface area (Å²) in [6.45, 7) is 0.320. The number of carbonyl (C=O) groups excluding carboxylic acids is 3. The summed E-state index contributed by atoms with van der Waals surface area (Å²) in [6.07, 6.45) is 2.37. The van der Waals surface area contributed by atoms with Gasteiger partial charge in [0.15, 0.2) is 5.78 Å². The molecule has 0 unspecified atom stereocenters. The summed E-state index contributed by atoms with van der Waals surface area (Å²) < 4.78 is 16.0. The van der Waals surface area contributed by atoms with E-state index in [4.69, 9.17) is 23.2 Å². The van der Waals surface area contributed by atoms with Crippen molar-refractivity contribution in [2.24, 2.45) is 11.8 Å². The van der Waals surface area contributed by atoms with Crippen molar-refractivity contribution in [1.29, 1.82) is 0 Å². The molecular weight excluding hydrogens is 580 g/mol. The van der Waals surface area contributed by atoms with Crippen LogP contribution in [0.15, 0.2) is 60.7 Å². The van der Waals surface area contributed by atoms with E-state index in [0.717, 1.165) is 18.4 Å². The molecule has 4 aliphatic rings. The maximum absolute atomic E-state index is 16.0. The topological polar surface area (TPSA) is 90.0 Å². The van der Waals surface area contributed by atoms with E-state index in [1.807, 2.05) is 6.07 Å². The predicted molar refractivity (Wildman–Crippen MR) is 158 cm³/mol. The van der Waals surface area contributed by atoms with Crippen molar-refractivity contribution in [3.8, 4) is 0 Å².